The lowest BCUT2D eigenvalue weighted by molar-refractivity contribution is 0.0144. The summed E-state index contributed by atoms with van der Waals surface area (Å²) in [6.07, 6.45) is 0.915. The van der Waals surface area contributed by atoms with Gasteiger partial charge < -0.3 is 15.0 Å². The Balaban J connectivity index is 2.07. The van der Waals surface area contributed by atoms with Crippen LogP contribution >= 0.6 is 11.8 Å². The van der Waals surface area contributed by atoms with E-state index in [1.807, 2.05) is 29.2 Å². The van der Waals surface area contributed by atoms with Crippen LogP contribution in [0.2, 0.25) is 0 Å². The number of ether oxygens (including phenoxy) is 1. The van der Waals surface area contributed by atoms with Crippen LogP contribution < -0.4 is 5.32 Å². The highest BCUT2D eigenvalue weighted by molar-refractivity contribution is 7.99. The fraction of sp³-hybridized carbons (Fsp3) is 0.533. The molecule has 1 aliphatic rings. The fourth-order valence-corrected chi connectivity index (χ4v) is 3.06. The first kappa shape index (κ1) is 15.2. The molecule has 1 heterocycles. The Hall–Kier alpha value is -1.20. The number of carbonyl (C=O) groups excluding carboxylic acids is 1. The molecule has 4 nitrogen and oxygen atoms in total. The molecule has 1 atom stereocenters. The van der Waals surface area contributed by atoms with Gasteiger partial charge in [0.25, 0.3) is 0 Å². The minimum Gasteiger partial charge on any atom is -0.377 e. The zero-order chi connectivity index (χ0) is 14.4. The summed E-state index contributed by atoms with van der Waals surface area (Å²) in [7, 11) is 0. The summed E-state index contributed by atoms with van der Waals surface area (Å²) in [6.45, 7) is 6.11. The van der Waals surface area contributed by atoms with Gasteiger partial charge in [0.1, 0.15) is 0 Å². The Labute approximate surface area is 124 Å². The third-order valence-corrected chi connectivity index (χ3v) is 4.34. The highest BCUT2D eigenvalue weighted by Gasteiger charge is 2.26. The summed E-state index contributed by atoms with van der Waals surface area (Å²) >= 11 is 1.74. The van der Waals surface area contributed by atoms with E-state index < -0.39 is 0 Å². The molecule has 1 aliphatic heterocycles. The molecule has 1 aromatic rings. The first-order valence-corrected chi connectivity index (χ1v) is 8.12. The summed E-state index contributed by atoms with van der Waals surface area (Å²) < 4.78 is 5.44. The first-order valence-electron chi connectivity index (χ1n) is 7.13. The maximum absolute atomic E-state index is 12.4. The average molecular weight is 294 g/mol. The molecular weight excluding hydrogens is 272 g/mol. The molecule has 1 aromatic carbocycles. The molecule has 0 saturated carbocycles. The Morgan fingerprint density at radius 2 is 2.25 bits per heavy atom. The summed E-state index contributed by atoms with van der Waals surface area (Å²) in [6, 6.07) is 8.10. The van der Waals surface area contributed by atoms with Crippen molar-refractivity contribution in [2.45, 2.75) is 31.2 Å². The number of rotatable bonds is 4. The van der Waals surface area contributed by atoms with Gasteiger partial charge in [0.05, 0.1) is 24.9 Å². The van der Waals surface area contributed by atoms with E-state index in [4.69, 9.17) is 4.74 Å². The maximum Gasteiger partial charge on any atom is 0.322 e. The summed E-state index contributed by atoms with van der Waals surface area (Å²) in [5, 5.41) is 3.04. The van der Waals surface area contributed by atoms with E-state index in [-0.39, 0.29) is 12.1 Å². The second kappa shape index (κ2) is 7.55. The van der Waals surface area contributed by atoms with Crippen LogP contribution in [0.25, 0.3) is 0 Å². The van der Waals surface area contributed by atoms with Crippen LogP contribution in [-0.4, -0.2) is 42.5 Å². The van der Waals surface area contributed by atoms with Gasteiger partial charge in [0.15, 0.2) is 0 Å². The van der Waals surface area contributed by atoms with Crippen molar-refractivity contribution in [1.82, 2.24) is 4.90 Å². The van der Waals surface area contributed by atoms with E-state index in [2.05, 4.69) is 19.2 Å². The predicted molar refractivity (Wildman–Crippen MR) is 83.5 cm³/mol. The highest BCUT2D eigenvalue weighted by atomic mass is 32.2. The number of hydrogen-bond donors (Lipinski definition) is 1. The van der Waals surface area contributed by atoms with Crippen LogP contribution in [0.5, 0.6) is 0 Å². The monoisotopic (exact) mass is 294 g/mol. The molecule has 2 rings (SSSR count). The molecule has 1 N–H and O–H groups in total. The second-order valence-electron chi connectivity index (χ2n) is 4.69. The standard InChI is InChI=1S/C15H22N2O2S/c1-3-12-11-19-10-9-17(12)15(18)16-13-7-5-6-8-14(13)20-4-2/h5-8,12H,3-4,9-11H2,1-2H3,(H,16,18). The third-order valence-electron chi connectivity index (χ3n) is 3.39. The van der Waals surface area contributed by atoms with Crippen LogP contribution in [0.3, 0.4) is 0 Å². The number of anilines is 1. The Morgan fingerprint density at radius 3 is 3.00 bits per heavy atom. The molecule has 0 aromatic heterocycles. The molecule has 1 unspecified atom stereocenters. The Morgan fingerprint density at radius 1 is 1.45 bits per heavy atom. The molecular formula is C15H22N2O2S. The lowest BCUT2D eigenvalue weighted by Gasteiger charge is -2.35. The summed E-state index contributed by atoms with van der Waals surface area (Å²) in [4.78, 5) is 15.4. The molecule has 0 bridgehead atoms. The number of nitrogens with zero attached hydrogens (tertiary/aromatic N) is 1. The molecule has 0 radical (unpaired) electrons. The maximum atomic E-state index is 12.4. The number of urea groups is 1. The van der Waals surface area contributed by atoms with Gasteiger partial charge >= 0.3 is 6.03 Å². The van der Waals surface area contributed by atoms with Crippen LogP contribution in [0.1, 0.15) is 20.3 Å². The number of amides is 2. The normalized spacial score (nSPS) is 18.9. The molecule has 110 valence electrons. The minimum atomic E-state index is -0.0238. The number of carbonyl (C=O) groups is 1. The molecule has 2 amide bonds. The van der Waals surface area contributed by atoms with Crippen LogP contribution in [0.4, 0.5) is 10.5 Å². The van der Waals surface area contributed by atoms with Gasteiger partial charge in [0.2, 0.25) is 0 Å². The molecule has 0 spiro atoms. The van der Waals surface area contributed by atoms with Gasteiger partial charge in [-0.25, -0.2) is 4.79 Å². The first-order chi connectivity index (χ1) is 9.76. The summed E-state index contributed by atoms with van der Waals surface area (Å²) in [5.41, 5.74) is 0.894. The van der Waals surface area contributed by atoms with Crippen molar-refractivity contribution in [2.24, 2.45) is 0 Å². The van der Waals surface area contributed by atoms with Crippen molar-refractivity contribution in [3.05, 3.63) is 24.3 Å². The van der Waals surface area contributed by atoms with Crippen LogP contribution in [0, 0.1) is 0 Å². The van der Waals surface area contributed by atoms with Crippen LogP contribution in [0.15, 0.2) is 29.2 Å². The smallest absolute Gasteiger partial charge is 0.322 e. The number of nitrogens with one attached hydrogen (secondary N) is 1. The number of benzene rings is 1. The number of morpholine rings is 1. The van der Waals surface area contributed by atoms with E-state index in [0.29, 0.717) is 19.8 Å². The van der Waals surface area contributed by atoms with E-state index in [0.717, 1.165) is 22.8 Å². The third kappa shape index (κ3) is 3.67. The second-order valence-corrected chi connectivity index (χ2v) is 6.00. The van der Waals surface area contributed by atoms with Gasteiger partial charge in [-0.3, -0.25) is 0 Å². The topological polar surface area (TPSA) is 41.6 Å². The quantitative estimate of drug-likeness (QED) is 0.865. The largest absolute Gasteiger partial charge is 0.377 e. The molecule has 0 aliphatic carbocycles. The van der Waals surface area contributed by atoms with Crippen molar-refractivity contribution in [3.63, 3.8) is 0 Å². The van der Waals surface area contributed by atoms with Gasteiger partial charge in [-0.2, -0.15) is 0 Å². The van der Waals surface area contributed by atoms with Gasteiger partial charge in [-0.05, 0) is 24.3 Å². The van der Waals surface area contributed by atoms with Crippen molar-refractivity contribution < 1.29 is 9.53 Å². The van der Waals surface area contributed by atoms with Crippen molar-refractivity contribution in [3.8, 4) is 0 Å². The zero-order valence-electron chi connectivity index (χ0n) is 12.1. The van der Waals surface area contributed by atoms with E-state index in [1.165, 1.54) is 0 Å². The van der Waals surface area contributed by atoms with Crippen molar-refractivity contribution in [2.75, 3.05) is 30.8 Å². The Kier molecular flexibility index (Phi) is 5.73. The molecule has 1 fully saturated rings. The number of para-hydroxylation sites is 1. The molecule has 5 heteroatoms. The highest BCUT2D eigenvalue weighted by Crippen LogP contribution is 2.27. The zero-order valence-corrected chi connectivity index (χ0v) is 12.9. The number of hydrogen-bond acceptors (Lipinski definition) is 3. The minimum absolute atomic E-state index is 0.0238. The van der Waals surface area contributed by atoms with E-state index in [1.54, 1.807) is 11.8 Å². The van der Waals surface area contributed by atoms with Crippen LogP contribution in [-0.2, 0) is 4.74 Å². The van der Waals surface area contributed by atoms with Gasteiger partial charge in [-0.1, -0.05) is 26.0 Å². The summed E-state index contributed by atoms with van der Waals surface area (Å²) in [5.74, 6) is 0.988. The predicted octanol–water partition coefficient (Wildman–Crippen LogP) is 3.44. The molecule has 1 saturated heterocycles. The lowest BCUT2D eigenvalue weighted by Crippen LogP contribution is -2.50. The average Bonchev–Trinajstić information content (AvgIpc) is 2.49. The van der Waals surface area contributed by atoms with E-state index >= 15 is 0 Å². The van der Waals surface area contributed by atoms with E-state index in [9.17, 15) is 4.79 Å². The van der Waals surface area contributed by atoms with Crippen molar-refractivity contribution in [1.29, 1.82) is 0 Å². The van der Waals surface area contributed by atoms with Crippen molar-refractivity contribution >= 4 is 23.5 Å². The van der Waals surface area contributed by atoms with Gasteiger partial charge in [0, 0.05) is 11.4 Å². The Bertz CT molecular complexity index is 453. The number of thioether (sulfide) groups is 1. The lowest BCUT2D eigenvalue weighted by atomic mass is 10.2. The SMILES string of the molecule is CCSc1ccccc1NC(=O)N1CCOCC1CC. The fourth-order valence-electron chi connectivity index (χ4n) is 2.30. The van der Waals surface area contributed by atoms with Gasteiger partial charge in [-0.15, -0.1) is 11.8 Å². The molecule has 20 heavy (non-hydrogen) atoms.